The number of fused-ring (bicyclic) bond motifs is 5. The quantitative estimate of drug-likeness (QED) is 0.0270. The van der Waals surface area contributed by atoms with Crippen LogP contribution in [0.3, 0.4) is 0 Å². The Morgan fingerprint density at radius 2 is 1.43 bits per heavy atom. The van der Waals surface area contributed by atoms with Gasteiger partial charge in [0.2, 0.25) is 0 Å². The average Bonchev–Trinajstić information content (AvgIpc) is 3.52. The molecule has 1 aromatic rings. The van der Waals surface area contributed by atoms with E-state index >= 15 is 0 Å². The van der Waals surface area contributed by atoms with Crippen molar-refractivity contribution in [1.82, 2.24) is 4.90 Å². The van der Waals surface area contributed by atoms with Gasteiger partial charge in [0.25, 0.3) is 0 Å². The van der Waals surface area contributed by atoms with Crippen LogP contribution < -0.4 is 4.74 Å². The molecule has 0 saturated heterocycles. The fourth-order valence-corrected chi connectivity index (χ4v) is 12.1. The molecule has 378 valence electrons. The second kappa shape index (κ2) is 24.3. The summed E-state index contributed by atoms with van der Waals surface area (Å²) in [4.78, 5) is 37.8. The Kier molecular flexibility index (Phi) is 21.2. The number of hydrogen-bond acceptors (Lipinski definition) is 11. The summed E-state index contributed by atoms with van der Waals surface area (Å²) in [7, 11) is -4.02. The smallest absolute Gasteiger partial charge is 0.469 e. The highest BCUT2D eigenvalue weighted by Gasteiger charge is 2.85. The highest BCUT2D eigenvalue weighted by molar-refractivity contribution is 8.76. The van der Waals surface area contributed by atoms with Crippen molar-refractivity contribution in [1.29, 1.82) is 0 Å². The fourth-order valence-electron chi connectivity index (χ4n) is 9.34. The van der Waals surface area contributed by atoms with Gasteiger partial charge in [-0.2, -0.15) is 39.5 Å². The number of ether oxygens (including phenoxy) is 4. The summed E-state index contributed by atoms with van der Waals surface area (Å²) in [6, 6.07) is 6.24. The Morgan fingerprint density at radius 1 is 0.785 bits per heavy atom. The molecule has 5 unspecified atom stereocenters. The van der Waals surface area contributed by atoms with Crippen LogP contribution in [-0.2, 0) is 38.8 Å². The number of nitrogens with zero attached hydrogens (tertiary/aromatic N) is 1. The molecule has 0 spiro atoms. The van der Waals surface area contributed by atoms with Crippen LogP contribution in [-0.4, -0.2) is 133 Å². The minimum absolute atomic E-state index is 0.271. The SMILES string of the molecule is CN(CCCSSCCOCCCC(COP(=O)(O)O)COP(=O)(O)O)CCOc1ccc2c(c1)CCC1C2CCC2(C)C(OCCCOC(C(F)(F)F)(C(F)(F)F)C(F)(F)F)CCC12. The molecule has 0 amide bonds. The van der Waals surface area contributed by atoms with Gasteiger partial charge in [0.15, 0.2) is 0 Å². The number of phosphoric acid groups is 2. The standard InChI is InChI=1S/C39H60F9NO12P2S2/c1-35-14-13-31-30-10-8-29(57-20-16-49(2)15-4-22-64-65-23-21-56-17-3-6-27(25-60-62(50,51)52)26-61-63(53,54)55)24-28(30)7-9-32(31)33(35)11-12-34(35)58-18-5-19-59-36(37(40,41)42,38(43,44)45)39(46,47)48/h8,10,24,27,31-34H,3-7,9,11-23,25-26H2,1-2H3,(H2,50,51,52)(H2,53,54,55). The molecule has 2 fully saturated rings. The van der Waals surface area contributed by atoms with Crippen LogP contribution in [0.2, 0.25) is 0 Å². The van der Waals surface area contributed by atoms with E-state index in [0.29, 0.717) is 50.9 Å². The number of aryl methyl sites for hydroxylation is 1. The van der Waals surface area contributed by atoms with Gasteiger partial charge in [-0.3, -0.25) is 9.05 Å². The molecule has 0 radical (unpaired) electrons. The first-order valence-electron chi connectivity index (χ1n) is 21.3. The van der Waals surface area contributed by atoms with E-state index in [-0.39, 0.29) is 24.0 Å². The van der Waals surface area contributed by atoms with Gasteiger partial charge in [-0.25, -0.2) is 9.13 Å². The number of benzene rings is 1. The third-order valence-electron chi connectivity index (χ3n) is 12.5. The molecule has 0 aliphatic heterocycles. The van der Waals surface area contributed by atoms with Gasteiger partial charge in [-0.1, -0.05) is 34.6 Å². The first-order valence-corrected chi connectivity index (χ1v) is 26.9. The third kappa shape index (κ3) is 16.4. The summed E-state index contributed by atoms with van der Waals surface area (Å²) in [5.41, 5.74) is -4.05. The number of alkyl halides is 9. The Balaban J connectivity index is 1.09. The molecule has 1 aromatic carbocycles. The highest BCUT2D eigenvalue weighted by Crippen LogP contribution is 2.62. The second-order valence-electron chi connectivity index (χ2n) is 17.0. The van der Waals surface area contributed by atoms with Crippen molar-refractivity contribution >= 4 is 37.2 Å². The van der Waals surface area contributed by atoms with E-state index in [9.17, 15) is 48.6 Å². The van der Waals surface area contributed by atoms with Gasteiger partial charge < -0.3 is 43.4 Å². The van der Waals surface area contributed by atoms with Crippen LogP contribution in [0.15, 0.2) is 18.2 Å². The van der Waals surface area contributed by atoms with Gasteiger partial charge >= 0.3 is 39.8 Å². The summed E-state index contributed by atoms with van der Waals surface area (Å²) < 4.78 is 171. The number of rotatable bonds is 28. The first kappa shape index (κ1) is 56.7. The van der Waals surface area contributed by atoms with E-state index in [1.807, 2.05) is 13.1 Å². The largest absolute Gasteiger partial charge is 0.492 e. The molecule has 26 heteroatoms. The lowest BCUT2D eigenvalue weighted by molar-refractivity contribution is -0.457. The van der Waals surface area contributed by atoms with E-state index < -0.39 is 71.9 Å². The van der Waals surface area contributed by atoms with Crippen molar-refractivity contribution in [2.75, 3.05) is 77.9 Å². The fraction of sp³-hybridized carbons (Fsp3) is 0.846. The minimum atomic E-state index is -6.76. The van der Waals surface area contributed by atoms with E-state index in [2.05, 4.69) is 37.7 Å². The predicted molar refractivity (Wildman–Crippen MR) is 224 cm³/mol. The molecule has 4 rings (SSSR count). The predicted octanol–water partition coefficient (Wildman–Crippen LogP) is 9.47. The van der Waals surface area contributed by atoms with Gasteiger partial charge in [-0.15, -0.1) is 0 Å². The molecule has 3 aliphatic carbocycles. The topological polar surface area (TPSA) is 174 Å². The van der Waals surface area contributed by atoms with Gasteiger partial charge in [-0.05, 0) is 124 Å². The van der Waals surface area contributed by atoms with Crippen LogP contribution in [0, 0.1) is 23.2 Å². The van der Waals surface area contributed by atoms with Crippen molar-refractivity contribution < 1.29 is 96.2 Å². The molecule has 5 atom stereocenters. The minimum Gasteiger partial charge on any atom is -0.492 e. The molecule has 0 bridgehead atoms. The van der Waals surface area contributed by atoms with Crippen molar-refractivity contribution in [2.45, 2.75) is 107 Å². The molecule has 4 N–H and O–H groups in total. The molecule has 0 heterocycles. The van der Waals surface area contributed by atoms with Gasteiger partial charge in [0.05, 0.1) is 32.5 Å². The number of phosphoric ester groups is 2. The zero-order chi connectivity index (χ0) is 48.3. The van der Waals surface area contributed by atoms with Crippen molar-refractivity contribution in [2.24, 2.45) is 23.2 Å². The monoisotopic (exact) mass is 1030 g/mol. The van der Waals surface area contributed by atoms with E-state index in [0.717, 1.165) is 68.9 Å². The van der Waals surface area contributed by atoms with Crippen molar-refractivity contribution in [3.05, 3.63) is 29.3 Å². The van der Waals surface area contributed by atoms with Crippen molar-refractivity contribution in [3.63, 3.8) is 0 Å². The normalized spacial score (nSPS) is 23.2. The van der Waals surface area contributed by atoms with Gasteiger partial charge in [0, 0.05) is 37.2 Å². The highest BCUT2D eigenvalue weighted by atomic mass is 33.1. The molecule has 0 aromatic heterocycles. The molecule has 65 heavy (non-hydrogen) atoms. The Hall–Kier alpha value is -0.850. The Labute approximate surface area is 380 Å². The number of hydrogen-bond donors (Lipinski definition) is 4. The summed E-state index contributed by atoms with van der Waals surface area (Å²) >= 11 is 0. The molecular formula is C39H60F9NO12P2S2. The summed E-state index contributed by atoms with van der Waals surface area (Å²) in [5, 5.41) is 0. The van der Waals surface area contributed by atoms with Gasteiger partial charge in [0.1, 0.15) is 12.4 Å². The summed E-state index contributed by atoms with van der Waals surface area (Å²) in [6.45, 7) is 2.44. The number of halogens is 9. The van der Waals surface area contributed by atoms with Crippen LogP contribution in [0.4, 0.5) is 39.5 Å². The maximum Gasteiger partial charge on any atom is 0.469 e. The summed E-state index contributed by atoms with van der Waals surface area (Å²) in [5.74, 6) is 2.78. The number of likely N-dealkylation sites (N-methyl/N-ethyl adjacent to an activating group) is 1. The van der Waals surface area contributed by atoms with Crippen LogP contribution in [0.1, 0.15) is 81.8 Å². The maximum atomic E-state index is 13.2. The zero-order valence-corrected chi connectivity index (χ0v) is 39.5. The maximum absolute atomic E-state index is 13.2. The first-order chi connectivity index (χ1) is 30.2. The Bertz CT molecular complexity index is 1660. The van der Waals surface area contributed by atoms with Crippen LogP contribution >= 0.6 is 37.2 Å². The Morgan fingerprint density at radius 3 is 2.06 bits per heavy atom. The molecule has 2 saturated carbocycles. The molecular weight excluding hydrogens is 971 g/mol. The van der Waals surface area contributed by atoms with E-state index in [1.54, 1.807) is 21.6 Å². The zero-order valence-electron chi connectivity index (χ0n) is 36.1. The average molecular weight is 1030 g/mol. The molecule has 13 nitrogen and oxygen atoms in total. The summed E-state index contributed by atoms with van der Waals surface area (Å²) in [6.07, 6.45) is -14.5. The third-order valence-corrected chi connectivity index (χ3v) is 15.9. The molecule has 3 aliphatic rings. The second-order valence-corrected chi connectivity index (χ2v) is 22.2. The lowest BCUT2D eigenvalue weighted by atomic mass is 9.55. The lowest BCUT2D eigenvalue weighted by Crippen LogP contribution is -2.67. The van der Waals surface area contributed by atoms with Crippen molar-refractivity contribution in [3.8, 4) is 5.75 Å². The van der Waals surface area contributed by atoms with E-state index in [1.165, 1.54) is 11.1 Å². The lowest BCUT2D eigenvalue weighted by Gasteiger charge is -2.50. The van der Waals surface area contributed by atoms with E-state index in [4.69, 9.17) is 33.8 Å². The van der Waals surface area contributed by atoms with Crippen LogP contribution in [0.25, 0.3) is 0 Å². The van der Waals surface area contributed by atoms with Crippen LogP contribution in [0.5, 0.6) is 5.75 Å².